The van der Waals surface area contributed by atoms with Gasteiger partial charge in [-0.2, -0.15) is 0 Å². The summed E-state index contributed by atoms with van der Waals surface area (Å²) in [6, 6.07) is 5.35. The van der Waals surface area contributed by atoms with Crippen LogP contribution >= 0.6 is 15.9 Å². The maximum Gasteiger partial charge on any atom is 0.255 e. The van der Waals surface area contributed by atoms with Crippen molar-refractivity contribution in [3.8, 4) is 5.75 Å². The zero-order valence-electron chi connectivity index (χ0n) is 10.2. The molecule has 0 spiro atoms. The van der Waals surface area contributed by atoms with Gasteiger partial charge in [0.2, 0.25) is 0 Å². The second-order valence-corrected chi connectivity index (χ2v) is 5.11. The summed E-state index contributed by atoms with van der Waals surface area (Å²) in [7, 11) is 1.55. The van der Waals surface area contributed by atoms with Crippen molar-refractivity contribution in [1.29, 1.82) is 0 Å². The van der Waals surface area contributed by atoms with Crippen LogP contribution in [-0.2, 0) is 4.74 Å². The summed E-state index contributed by atoms with van der Waals surface area (Å²) < 4.78 is 11.5. The van der Waals surface area contributed by atoms with Gasteiger partial charge in [-0.15, -0.1) is 0 Å². The average molecular weight is 314 g/mol. The smallest absolute Gasteiger partial charge is 0.255 e. The summed E-state index contributed by atoms with van der Waals surface area (Å²) in [4.78, 5) is 12.0. The molecule has 4 nitrogen and oxygen atoms in total. The SMILES string of the molecule is COc1cc(Br)ccc1C(=O)NCC1CCCO1. The molecule has 0 aliphatic carbocycles. The first-order chi connectivity index (χ1) is 8.70. The molecule has 0 bridgehead atoms. The van der Waals surface area contributed by atoms with Crippen molar-refractivity contribution in [3.63, 3.8) is 0 Å². The van der Waals surface area contributed by atoms with Gasteiger partial charge in [-0.3, -0.25) is 4.79 Å². The molecule has 1 saturated heterocycles. The third-order valence-corrected chi connectivity index (χ3v) is 3.42. The zero-order chi connectivity index (χ0) is 13.0. The van der Waals surface area contributed by atoms with E-state index in [-0.39, 0.29) is 12.0 Å². The maximum absolute atomic E-state index is 12.0. The maximum atomic E-state index is 12.0. The summed E-state index contributed by atoms with van der Waals surface area (Å²) in [6.07, 6.45) is 2.23. The molecule has 1 atom stereocenters. The molecule has 5 heteroatoms. The lowest BCUT2D eigenvalue weighted by Crippen LogP contribution is -2.31. The number of methoxy groups -OCH3 is 1. The Labute approximate surface area is 115 Å². The quantitative estimate of drug-likeness (QED) is 0.928. The molecular weight excluding hydrogens is 298 g/mol. The van der Waals surface area contributed by atoms with Gasteiger partial charge in [-0.05, 0) is 31.0 Å². The topological polar surface area (TPSA) is 47.6 Å². The minimum atomic E-state index is -0.130. The monoisotopic (exact) mass is 313 g/mol. The van der Waals surface area contributed by atoms with E-state index in [1.165, 1.54) is 0 Å². The van der Waals surface area contributed by atoms with Gasteiger partial charge in [-0.1, -0.05) is 15.9 Å². The molecule has 1 aromatic rings. The van der Waals surface area contributed by atoms with Crippen molar-refractivity contribution in [2.45, 2.75) is 18.9 Å². The van der Waals surface area contributed by atoms with Crippen LogP contribution in [0.25, 0.3) is 0 Å². The van der Waals surface area contributed by atoms with E-state index in [9.17, 15) is 4.79 Å². The van der Waals surface area contributed by atoms with Crippen molar-refractivity contribution < 1.29 is 14.3 Å². The van der Waals surface area contributed by atoms with Crippen LogP contribution in [0.3, 0.4) is 0 Å². The normalized spacial score (nSPS) is 18.7. The summed E-state index contributed by atoms with van der Waals surface area (Å²) in [5, 5.41) is 2.88. The highest BCUT2D eigenvalue weighted by atomic mass is 79.9. The van der Waals surface area contributed by atoms with Crippen molar-refractivity contribution >= 4 is 21.8 Å². The molecule has 0 saturated carbocycles. The van der Waals surface area contributed by atoms with Crippen LogP contribution in [-0.4, -0.2) is 32.3 Å². The molecule has 0 radical (unpaired) electrons. The number of hydrogen-bond donors (Lipinski definition) is 1. The second kappa shape index (κ2) is 6.20. The van der Waals surface area contributed by atoms with Gasteiger partial charge in [0.05, 0.1) is 18.8 Å². The Morgan fingerprint density at radius 1 is 1.61 bits per heavy atom. The minimum absolute atomic E-state index is 0.130. The summed E-state index contributed by atoms with van der Waals surface area (Å²) in [5.74, 6) is 0.434. The second-order valence-electron chi connectivity index (χ2n) is 4.19. The first-order valence-corrected chi connectivity index (χ1v) is 6.73. The molecule has 1 aliphatic rings. The fourth-order valence-corrected chi connectivity index (χ4v) is 2.30. The summed E-state index contributed by atoms with van der Waals surface area (Å²) >= 11 is 3.35. The third kappa shape index (κ3) is 3.23. The van der Waals surface area contributed by atoms with Crippen LogP contribution in [0.15, 0.2) is 22.7 Å². The Morgan fingerprint density at radius 3 is 3.11 bits per heavy atom. The number of benzene rings is 1. The highest BCUT2D eigenvalue weighted by Crippen LogP contribution is 2.23. The molecule has 1 N–H and O–H groups in total. The molecule has 1 aromatic carbocycles. The number of ether oxygens (including phenoxy) is 2. The summed E-state index contributed by atoms with van der Waals surface area (Å²) in [6.45, 7) is 1.35. The fraction of sp³-hybridized carbons (Fsp3) is 0.462. The van der Waals surface area contributed by atoms with Crippen molar-refractivity contribution in [2.75, 3.05) is 20.3 Å². The molecule has 0 aromatic heterocycles. The van der Waals surface area contributed by atoms with Gasteiger partial charge in [0.15, 0.2) is 0 Å². The van der Waals surface area contributed by atoms with Gasteiger partial charge in [0.1, 0.15) is 5.75 Å². The lowest BCUT2D eigenvalue weighted by Gasteiger charge is -2.12. The van der Waals surface area contributed by atoms with Crippen LogP contribution in [0.4, 0.5) is 0 Å². The molecule has 1 aliphatic heterocycles. The lowest BCUT2D eigenvalue weighted by molar-refractivity contribution is 0.0855. The number of nitrogens with one attached hydrogen (secondary N) is 1. The largest absolute Gasteiger partial charge is 0.496 e. The Hall–Kier alpha value is -1.07. The Kier molecular flexibility index (Phi) is 4.60. The Balaban J connectivity index is 1.99. The zero-order valence-corrected chi connectivity index (χ0v) is 11.8. The van der Waals surface area contributed by atoms with Gasteiger partial charge >= 0.3 is 0 Å². The molecule has 2 rings (SSSR count). The molecule has 1 heterocycles. The van der Waals surface area contributed by atoms with E-state index in [4.69, 9.17) is 9.47 Å². The first kappa shape index (κ1) is 13.4. The molecule has 1 unspecified atom stereocenters. The van der Waals surface area contributed by atoms with Crippen LogP contribution in [0.5, 0.6) is 5.75 Å². The van der Waals surface area contributed by atoms with Gasteiger partial charge < -0.3 is 14.8 Å². The average Bonchev–Trinajstić information content (AvgIpc) is 2.88. The van der Waals surface area contributed by atoms with E-state index in [0.717, 1.165) is 23.9 Å². The van der Waals surface area contributed by atoms with E-state index in [2.05, 4.69) is 21.2 Å². The van der Waals surface area contributed by atoms with Crippen molar-refractivity contribution in [1.82, 2.24) is 5.32 Å². The van der Waals surface area contributed by atoms with Crippen LogP contribution in [0, 0.1) is 0 Å². The molecule has 18 heavy (non-hydrogen) atoms. The van der Waals surface area contributed by atoms with Crippen LogP contribution < -0.4 is 10.1 Å². The van der Waals surface area contributed by atoms with Crippen LogP contribution in [0.1, 0.15) is 23.2 Å². The van der Waals surface area contributed by atoms with E-state index < -0.39 is 0 Å². The molecular formula is C13H16BrNO3. The highest BCUT2D eigenvalue weighted by Gasteiger charge is 2.18. The first-order valence-electron chi connectivity index (χ1n) is 5.94. The number of amides is 1. The Bertz CT molecular complexity index is 430. The number of halogens is 1. The van der Waals surface area contributed by atoms with E-state index in [1.54, 1.807) is 19.2 Å². The fourth-order valence-electron chi connectivity index (χ4n) is 1.96. The Morgan fingerprint density at radius 2 is 2.44 bits per heavy atom. The predicted octanol–water partition coefficient (Wildman–Crippen LogP) is 2.37. The lowest BCUT2D eigenvalue weighted by atomic mass is 10.2. The highest BCUT2D eigenvalue weighted by molar-refractivity contribution is 9.10. The summed E-state index contributed by atoms with van der Waals surface area (Å²) in [5.41, 5.74) is 0.540. The van der Waals surface area contributed by atoms with Gasteiger partial charge in [-0.25, -0.2) is 0 Å². The number of rotatable bonds is 4. The molecule has 1 fully saturated rings. The molecule has 1 amide bonds. The number of carbonyl (C=O) groups excluding carboxylic acids is 1. The van der Waals surface area contributed by atoms with Crippen molar-refractivity contribution in [3.05, 3.63) is 28.2 Å². The molecule has 98 valence electrons. The van der Waals surface area contributed by atoms with Gasteiger partial charge in [0, 0.05) is 17.6 Å². The van der Waals surface area contributed by atoms with Crippen LogP contribution in [0.2, 0.25) is 0 Å². The number of carbonyl (C=O) groups is 1. The minimum Gasteiger partial charge on any atom is -0.496 e. The number of hydrogen-bond acceptors (Lipinski definition) is 3. The van der Waals surface area contributed by atoms with Crippen molar-refractivity contribution in [2.24, 2.45) is 0 Å². The van der Waals surface area contributed by atoms with E-state index in [0.29, 0.717) is 17.9 Å². The third-order valence-electron chi connectivity index (χ3n) is 2.92. The van der Waals surface area contributed by atoms with E-state index in [1.807, 2.05) is 6.07 Å². The standard InChI is InChI=1S/C13H16BrNO3/c1-17-12-7-9(14)4-5-11(12)13(16)15-8-10-3-2-6-18-10/h4-5,7,10H,2-3,6,8H2,1H3,(H,15,16). The van der Waals surface area contributed by atoms with Gasteiger partial charge in [0.25, 0.3) is 5.91 Å². The predicted molar refractivity (Wildman–Crippen MR) is 72.0 cm³/mol. The van der Waals surface area contributed by atoms with E-state index >= 15 is 0 Å².